The van der Waals surface area contributed by atoms with Crippen molar-refractivity contribution in [2.45, 2.75) is 13.0 Å². The monoisotopic (exact) mass is 406 g/mol. The van der Waals surface area contributed by atoms with Gasteiger partial charge in [0.2, 0.25) is 12.8 Å². The van der Waals surface area contributed by atoms with Crippen molar-refractivity contribution < 1.29 is 14.4 Å². The first kappa shape index (κ1) is 20.8. The number of nitrogens with one attached hydrogen (secondary N) is 5. The van der Waals surface area contributed by atoms with E-state index in [9.17, 15) is 14.4 Å². The van der Waals surface area contributed by atoms with E-state index < -0.39 is 0 Å². The molecule has 0 atom stereocenters. The molecule has 0 aromatic carbocycles. The Balaban J connectivity index is 2.13. The largest absolute Gasteiger partial charge is 0.355 e. The van der Waals surface area contributed by atoms with Gasteiger partial charge in [0.1, 0.15) is 5.84 Å². The molecule has 0 saturated heterocycles. The minimum Gasteiger partial charge on any atom is -0.355 e. The number of aromatic nitrogens is 1. The van der Waals surface area contributed by atoms with Crippen LogP contribution in [0.15, 0.2) is 46.5 Å². The zero-order valence-corrected chi connectivity index (χ0v) is 16.5. The lowest BCUT2D eigenvalue weighted by Gasteiger charge is -2.15. The van der Waals surface area contributed by atoms with Gasteiger partial charge in [-0.25, -0.2) is 0 Å². The standard InChI is InChI=1S/C21H22N6O3/c1-22-10-16-19(17(30)11-23-12-28)21(26-15-5-3-2-4-6-15)20(27-16)14-7-8-24-18(9-14)25-13-29/h2-3,5,9,12-13,22,26-27H,7-8,10-11H2,1H3,(H,23,28)(H,24,25,29). The highest BCUT2D eigenvalue weighted by molar-refractivity contribution is 6.09. The summed E-state index contributed by atoms with van der Waals surface area (Å²) < 4.78 is 0. The van der Waals surface area contributed by atoms with Crippen LogP contribution >= 0.6 is 0 Å². The normalized spacial score (nSPS) is 14.5. The number of hydrogen-bond acceptors (Lipinski definition) is 6. The molecule has 0 fully saturated rings. The van der Waals surface area contributed by atoms with E-state index >= 15 is 0 Å². The molecule has 154 valence electrons. The van der Waals surface area contributed by atoms with Gasteiger partial charge in [-0.2, -0.15) is 0 Å². The molecule has 1 aliphatic carbocycles. The minimum atomic E-state index is -0.242. The third-order valence-electron chi connectivity index (χ3n) is 4.47. The van der Waals surface area contributed by atoms with Crippen molar-refractivity contribution in [1.82, 2.24) is 20.9 Å². The third-order valence-corrected chi connectivity index (χ3v) is 4.47. The Morgan fingerprint density at radius 3 is 2.90 bits per heavy atom. The molecule has 0 spiro atoms. The molecular formula is C21H22N6O3. The Morgan fingerprint density at radius 1 is 1.33 bits per heavy atom. The molecule has 0 radical (unpaired) electrons. The topological polar surface area (TPSA) is 127 Å². The van der Waals surface area contributed by atoms with Crippen molar-refractivity contribution >= 4 is 35.7 Å². The van der Waals surface area contributed by atoms with Gasteiger partial charge in [0.05, 0.1) is 29.2 Å². The summed E-state index contributed by atoms with van der Waals surface area (Å²) in [4.78, 5) is 42.1. The molecule has 1 aromatic heterocycles. The summed E-state index contributed by atoms with van der Waals surface area (Å²) in [5.41, 5.74) is 9.80. The van der Waals surface area contributed by atoms with Crippen LogP contribution in [0.5, 0.6) is 0 Å². The molecule has 9 heteroatoms. The van der Waals surface area contributed by atoms with E-state index in [1.807, 2.05) is 12.2 Å². The maximum absolute atomic E-state index is 12.9. The van der Waals surface area contributed by atoms with E-state index in [0.29, 0.717) is 66.5 Å². The van der Waals surface area contributed by atoms with Crippen LogP contribution in [0.25, 0.3) is 5.57 Å². The molecule has 9 nitrogen and oxygen atoms in total. The van der Waals surface area contributed by atoms with Crippen molar-refractivity contribution in [3.05, 3.63) is 58.4 Å². The van der Waals surface area contributed by atoms with Crippen molar-refractivity contribution in [2.75, 3.05) is 25.5 Å². The van der Waals surface area contributed by atoms with Crippen molar-refractivity contribution in [1.29, 1.82) is 0 Å². The molecule has 30 heavy (non-hydrogen) atoms. The number of dihydropyridines is 1. The van der Waals surface area contributed by atoms with E-state index in [-0.39, 0.29) is 12.3 Å². The Hall–Kier alpha value is -3.90. The second kappa shape index (κ2) is 10.0. The van der Waals surface area contributed by atoms with Crippen LogP contribution in [0.2, 0.25) is 0 Å². The molecule has 3 rings (SSSR count). The van der Waals surface area contributed by atoms with Gasteiger partial charge in [0.25, 0.3) is 0 Å². The Morgan fingerprint density at radius 2 is 2.20 bits per heavy atom. The number of allylic oxidation sites excluding steroid dienone is 3. The maximum atomic E-state index is 12.9. The van der Waals surface area contributed by atoms with Crippen LogP contribution in [0.3, 0.4) is 0 Å². The number of aromatic amines is 1. The first-order valence-electron chi connectivity index (χ1n) is 9.38. The van der Waals surface area contributed by atoms with Gasteiger partial charge in [0, 0.05) is 18.8 Å². The average molecular weight is 406 g/mol. The van der Waals surface area contributed by atoms with Gasteiger partial charge < -0.3 is 26.3 Å². The number of amides is 2. The number of H-pyrrole nitrogens is 1. The first-order chi connectivity index (χ1) is 14.7. The van der Waals surface area contributed by atoms with Gasteiger partial charge >= 0.3 is 0 Å². The van der Waals surface area contributed by atoms with Gasteiger partial charge in [-0.3, -0.25) is 19.4 Å². The maximum Gasteiger partial charge on any atom is 0.212 e. The van der Waals surface area contributed by atoms with E-state index in [1.54, 1.807) is 19.2 Å². The summed E-state index contributed by atoms with van der Waals surface area (Å²) >= 11 is 0. The summed E-state index contributed by atoms with van der Waals surface area (Å²) in [5, 5.41) is 11.3. The quantitative estimate of drug-likeness (QED) is 0.223. The first-order valence-corrected chi connectivity index (χ1v) is 9.38. The molecule has 2 heterocycles. The highest BCUT2D eigenvalue weighted by Gasteiger charge is 2.25. The molecule has 0 bridgehead atoms. The van der Waals surface area contributed by atoms with Crippen molar-refractivity contribution in [3.8, 4) is 0 Å². The fraction of sp³-hybridized carbons (Fsp3) is 0.238. The van der Waals surface area contributed by atoms with Crippen LogP contribution in [0.1, 0.15) is 28.2 Å². The Kier molecular flexibility index (Phi) is 6.97. The number of carbonyl (C=O) groups is 3. The van der Waals surface area contributed by atoms with Crippen LogP contribution in [0, 0.1) is 0 Å². The Bertz CT molecular complexity index is 1050. The van der Waals surface area contributed by atoms with E-state index in [4.69, 9.17) is 0 Å². The number of amidine groups is 1. The highest BCUT2D eigenvalue weighted by Crippen LogP contribution is 2.34. The summed E-state index contributed by atoms with van der Waals surface area (Å²) in [6.45, 7) is 0.792. The van der Waals surface area contributed by atoms with Crippen LogP contribution < -0.4 is 21.3 Å². The fourth-order valence-corrected chi connectivity index (χ4v) is 3.24. The Labute approximate surface area is 173 Å². The lowest BCUT2D eigenvalue weighted by Crippen LogP contribution is -2.23. The number of nitrogens with zero attached hydrogens (tertiary/aromatic N) is 1. The second-order valence-corrected chi connectivity index (χ2v) is 6.46. The predicted molar refractivity (Wildman–Crippen MR) is 114 cm³/mol. The van der Waals surface area contributed by atoms with Gasteiger partial charge in [0.15, 0.2) is 5.78 Å². The number of hydrogen-bond donors (Lipinski definition) is 5. The van der Waals surface area contributed by atoms with Crippen LogP contribution in [0.4, 0.5) is 5.69 Å². The van der Waals surface area contributed by atoms with E-state index in [0.717, 1.165) is 5.57 Å². The summed E-state index contributed by atoms with van der Waals surface area (Å²) in [7, 11) is 1.78. The molecule has 0 unspecified atom stereocenters. The van der Waals surface area contributed by atoms with Crippen LogP contribution in [-0.4, -0.2) is 49.6 Å². The number of anilines is 1. The minimum absolute atomic E-state index is 0.130. The predicted octanol–water partition coefficient (Wildman–Crippen LogP) is 0.770. The zero-order chi connectivity index (χ0) is 21.3. The number of Topliss-reactive ketones (excluding diaryl/α,β-unsaturated/α-hetero) is 1. The highest BCUT2D eigenvalue weighted by atomic mass is 16.1. The third kappa shape index (κ3) is 4.74. The summed E-state index contributed by atoms with van der Waals surface area (Å²) in [6.07, 6.45) is 8.83. The lowest BCUT2D eigenvalue weighted by molar-refractivity contribution is -0.109. The molecule has 2 amide bonds. The van der Waals surface area contributed by atoms with Gasteiger partial charge in [-0.1, -0.05) is 11.8 Å². The van der Waals surface area contributed by atoms with Gasteiger partial charge in [-0.15, -0.1) is 0 Å². The smallest absolute Gasteiger partial charge is 0.212 e. The lowest BCUT2D eigenvalue weighted by atomic mass is 10.0. The average Bonchev–Trinajstić information content (AvgIpc) is 3.11. The van der Waals surface area contributed by atoms with Crippen molar-refractivity contribution in [2.24, 2.45) is 4.99 Å². The second-order valence-electron chi connectivity index (χ2n) is 6.46. The van der Waals surface area contributed by atoms with Crippen LogP contribution in [-0.2, 0) is 16.1 Å². The van der Waals surface area contributed by atoms with E-state index in [1.165, 1.54) is 0 Å². The summed E-state index contributed by atoms with van der Waals surface area (Å²) in [5.74, 6) is 0.214. The van der Waals surface area contributed by atoms with E-state index in [2.05, 4.69) is 42.7 Å². The van der Waals surface area contributed by atoms with Crippen molar-refractivity contribution in [3.63, 3.8) is 0 Å². The fourth-order valence-electron chi connectivity index (χ4n) is 3.24. The number of rotatable bonds is 10. The SMILES string of the molecule is CNCc1[nH]c(C2=CC(NC=O)=NCC2)c(NC2=C=C=CC=C2)c1C(=O)CNC=O. The molecular weight excluding hydrogens is 384 g/mol. The number of carbonyl (C=O) groups excluding carboxylic acids is 3. The van der Waals surface area contributed by atoms with Gasteiger partial charge in [-0.05, 0) is 43.0 Å². The molecule has 0 saturated carbocycles. The number of aliphatic imine (C=N–C) groups is 1. The summed E-state index contributed by atoms with van der Waals surface area (Å²) in [6, 6.07) is 0. The number of ketones is 1. The molecule has 5 N–H and O–H groups in total. The molecule has 1 aliphatic heterocycles. The molecule has 1 aromatic rings. The molecule has 2 aliphatic rings. The zero-order valence-electron chi connectivity index (χ0n) is 16.5.